The minimum Gasteiger partial charge on any atom is -0.332 e. The molecule has 2 aliphatic rings. The molecule has 0 saturated carbocycles. The molecule has 0 fully saturated rings. The van der Waals surface area contributed by atoms with Gasteiger partial charge in [-0.1, -0.05) is 121 Å². The van der Waals surface area contributed by atoms with E-state index in [1.165, 1.54) is 5.56 Å². The summed E-state index contributed by atoms with van der Waals surface area (Å²) in [6.45, 7) is 0. The fourth-order valence-corrected chi connectivity index (χ4v) is 7.79. The van der Waals surface area contributed by atoms with E-state index in [0.717, 1.165) is 61.1 Å². The Labute approximate surface area is 279 Å². The Morgan fingerprint density at radius 2 is 1.17 bits per heavy atom. The van der Waals surface area contributed by atoms with Crippen LogP contribution in [0.3, 0.4) is 0 Å². The second-order valence-corrected chi connectivity index (χ2v) is 12.3. The predicted molar refractivity (Wildman–Crippen MR) is 194 cm³/mol. The molecular weight excluding hydrogens is 585 g/mol. The molecule has 7 aromatic rings. The summed E-state index contributed by atoms with van der Waals surface area (Å²) in [5.74, 6) is 0.233. The van der Waals surface area contributed by atoms with E-state index in [-0.39, 0.29) is 12.0 Å². The Morgan fingerprint density at radius 3 is 1.94 bits per heavy atom. The maximum absolute atomic E-state index is 10.7. The molecule has 1 aliphatic carbocycles. The van der Waals surface area contributed by atoms with Gasteiger partial charge in [-0.05, 0) is 53.1 Å². The summed E-state index contributed by atoms with van der Waals surface area (Å²) in [5.41, 5.74) is 11.2. The first kappa shape index (κ1) is 27.7. The van der Waals surface area contributed by atoms with Crippen LogP contribution in [0.25, 0.3) is 49.7 Å². The Morgan fingerprint density at radius 1 is 0.542 bits per heavy atom. The summed E-state index contributed by atoms with van der Waals surface area (Å²) in [4.78, 5) is 2.32. The summed E-state index contributed by atoms with van der Waals surface area (Å²) in [6, 6.07) is 50.8. The number of benzene rings is 6. The molecule has 6 aromatic carbocycles. The average Bonchev–Trinajstić information content (AvgIpc) is 3.67. The summed E-state index contributed by atoms with van der Waals surface area (Å²) in [6.07, 6.45) is 8.71. The van der Waals surface area contributed by atoms with Crippen LogP contribution in [0.2, 0.25) is 0 Å². The number of hydrogen-bond acceptors (Lipinski definition) is 3. The first-order valence-corrected chi connectivity index (χ1v) is 16.2. The van der Waals surface area contributed by atoms with Crippen molar-refractivity contribution in [2.75, 3.05) is 4.90 Å². The number of fused-ring (bicyclic) bond motifs is 6. The van der Waals surface area contributed by atoms with Crippen LogP contribution in [0.1, 0.15) is 22.6 Å². The van der Waals surface area contributed by atoms with Gasteiger partial charge < -0.3 is 9.47 Å². The van der Waals surface area contributed by atoms with Crippen LogP contribution in [0, 0.1) is 22.7 Å². The third-order valence-electron chi connectivity index (χ3n) is 9.82. The third kappa shape index (κ3) is 4.07. The van der Waals surface area contributed by atoms with Crippen molar-refractivity contribution in [3.05, 3.63) is 174 Å². The minimum atomic E-state index is 0.101. The molecule has 0 spiro atoms. The van der Waals surface area contributed by atoms with Crippen LogP contribution in [-0.2, 0) is 0 Å². The standard InChI is InChI=1S/C44H28N4/c45-27-31-14-10-20-33(44(31)48-41-23-7-3-17-36(41)37-18-4-8-24-42(37)48)30-13-9-12-29(26-30)32-19-11-25-43(38(32)28-46)47-39-21-5-1-15-34(39)35-16-2-6-22-40(35)47/h1-26,34,39H. The first-order valence-electron chi connectivity index (χ1n) is 16.2. The highest BCUT2D eigenvalue weighted by molar-refractivity contribution is 6.10. The van der Waals surface area contributed by atoms with Gasteiger partial charge in [-0.15, -0.1) is 0 Å². The Balaban J connectivity index is 1.23. The van der Waals surface area contributed by atoms with Crippen molar-refractivity contribution >= 4 is 33.2 Å². The van der Waals surface area contributed by atoms with Crippen molar-refractivity contribution in [1.82, 2.24) is 4.57 Å². The second-order valence-electron chi connectivity index (χ2n) is 12.3. The highest BCUT2D eigenvalue weighted by atomic mass is 15.2. The lowest BCUT2D eigenvalue weighted by Crippen LogP contribution is -2.29. The van der Waals surface area contributed by atoms with E-state index in [0.29, 0.717) is 11.1 Å². The SMILES string of the molecule is N#Cc1cccc(-c2cccc(-c3cccc(N4c5ccccc5C5C=CC=CC54)c3C#N)c2)c1-n1c2ccccc2c2ccccc21. The fourth-order valence-electron chi connectivity index (χ4n) is 7.79. The summed E-state index contributed by atoms with van der Waals surface area (Å²) < 4.78 is 2.22. The third-order valence-corrected chi connectivity index (χ3v) is 9.82. The summed E-state index contributed by atoms with van der Waals surface area (Å²) in [5, 5.41) is 23.4. The lowest BCUT2D eigenvalue weighted by molar-refractivity contribution is 0.744. The van der Waals surface area contributed by atoms with E-state index >= 15 is 0 Å². The van der Waals surface area contributed by atoms with Gasteiger partial charge in [-0.3, -0.25) is 0 Å². The van der Waals surface area contributed by atoms with E-state index in [9.17, 15) is 10.5 Å². The molecule has 224 valence electrons. The van der Waals surface area contributed by atoms with Gasteiger partial charge in [0.2, 0.25) is 0 Å². The van der Waals surface area contributed by atoms with Crippen molar-refractivity contribution in [3.8, 4) is 40.1 Å². The van der Waals surface area contributed by atoms with E-state index in [1.807, 2.05) is 36.4 Å². The number of nitrogens with zero attached hydrogens (tertiary/aromatic N) is 4. The minimum absolute atomic E-state index is 0.101. The lowest BCUT2D eigenvalue weighted by Gasteiger charge is -2.30. The van der Waals surface area contributed by atoms with Crippen molar-refractivity contribution in [1.29, 1.82) is 10.5 Å². The van der Waals surface area contributed by atoms with Crippen molar-refractivity contribution in [3.63, 3.8) is 0 Å². The fraction of sp³-hybridized carbons (Fsp3) is 0.0455. The molecule has 9 rings (SSSR count). The molecule has 2 heterocycles. The number of rotatable bonds is 4. The van der Waals surface area contributed by atoms with Gasteiger partial charge in [0, 0.05) is 33.5 Å². The maximum Gasteiger partial charge on any atom is 0.102 e. The molecular formula is C44H28N4. The van der Waals surface area contributed by atoms with E-state index in [1.54, 1.807) is 0 Å². The van der Waals surface area contributed by atoms with Gasteiger partial charge >= 0.3 is 0 Å². The zero-order valence-electron chi connectivity index (χ0n) is 26.0. The molecule has 48 heavy (non-hydrogen) atoms. The number of nitriles is 2. The number of anilines is 2. The molecule has 0 radical (unpaired) electrons. The van der Waals surface area contributed by atoms with Crippen molar-refractivity contribution < 1.29 is 0 Å². The molecule has 0 N–H and O–H groups in total. The highest BCUT2D eigenvalue weighted by Crippen LogP contribution is 2.49. The number of hydrogen-bond donors (Lipinski definition) is 0. The zero-order valence-corrected chi connectivity index (χ0v) is 26.0. The molecule has 4 nitrogen and oxygen atoms in total. The largest absolute Gasteiger partial charge is 0.332 e. The number of para-hydroxylation sites is 4. The van der Waals surface area contributed by atoms with Gasteiger partial charge in [0.05, 0.1) is 39.6 Å². The summed E-state index contributed by atoms with van der Waals surface area (Å²) in [7, 11) is 0. The van der Waals surface area contributed by atoms with Gasteiger partial charge in [0.1, 0.15) is 12.1 Å². The van der Waals surface area contributed by atoms with Crippen molar-refractivity contribution in [2.24, 2.45) is 0 Å². The molecule has 1 aromatic heterocycles. The van der Waals surface area contributed by atoms with E-state index in [4.69, 9.17) is 0 Å². The smallest absolute Gasteiger partial charge is 0.102 e. The van der Waals surface area contributed by atoms with Crippen LogP contribution < -0.4 is 4.90 Å². The van der Waals surface area contributed by atoms with Crippen LogP contribution in [-0.4, -0.2) is 10.6 Å². The monoisotopic (exact) mass is 612 g/mol. The molecule has 1 aliphatic heterocycles. The van der Waals surface area contributed by atoms with Crippen LogP contribution >= 0.6 is 0 Å². The van der Waals surface area contributed by atoms with Gasteiger partial charge in [-0.25, -0.2) is 0 Å². The molecule has 2 atom stereocenters. The van der Waals surface area contributed by atoms with Crippen LogP contribution in [0.15, 0.2) is 158 Å². The highest BCUT2D eigenvalue weighted by Gasteiger charge is 2.38. The van der Waals surface area contributed by atoms with Crippen molar-refractivity contribution in [2.45, 2.75) is 12.0 Å². The first-order chi connectivity index (χ1) is 23.8. The second kappa shape index (κ2) is 11.0. The number of allylic oxidation sites excluding steroid dienone is 2. The van der Waals surface area contributed by atoms with Gasteiger partial charge in [0.25, 0.3) is 0 Å². The molecule has 2 unspecified atom stereocenters. The van der Waals surface area contributed by atoms with E-state index in [2.05, 4.69) is 143 Å². The molecule has 4 heteroatoms. The molecule has 0 saturated heterocycles. The Bertz CT molecular complexity index is 2520. The Hall–Kier alpha value is -6.62. The molecule has 0 bridgehead atoms. The Kier molecular flexibility index (Phi) is 6.35. The lowest BCUT2D eigenvalue weighted by atomic mass is 9.91. The number of aromatic nitrogens is 1. The molecule has 0 amide bonds. The topological polar surface area (TPSA) is 55.8 Å². The normalized spacial score (nSPS) is 16.1. The quantitative estimate of drug-likeness (QED) is 0.199. The van der Waals surface area contributed by atoms with Gasteiger partial charge in [-0.2, -0.15) is 10.5 Å². The predicted octanol–water partition coefficient (Wildman–Crippen LogP) is 10.6. The average molecular weight is 613 g/mol. The maximum atomic E-state index is 10.7. The van der Waals surface area contributed by atoms with Gasteiger partial charge in [0.15, 0.2) is 0 Å². The van der Waals surface area contributed by atoms with E-state index < -0.39 is 0 Å². The van der Waals surface area contributed by atoms with Crippen LogP contribution in [0.4, 0.5) is 11.4 Å². The van der Waals surface area contributed by atoms with Crippen LogP contribution in [0.5, 0.6) is 0 Å². The zero-order chi connectivity index (χ0) is 32.2. The summed E-state index contributed by atoms with van der Waals surface area (Å²) >= 11 is 0.